The van der Waals surface area contributed by atoms with Crippen LogP contribution in [0.1, 0.15) is 45.0 Å². The molecule has 0 amide bonds. The van der Waals surface area contributed by atoms with Crippen LogP contribution >= 0.6 is 22.7 Å². The van der Waals surface area contributed by atoms with Crippen molar-refractivity contribution in [2.75, 3.05) is 0 Å². The van der Waals surface area contributed by atoms with Gasteiger partial charge in [0.15, 0.2) is 0 Å². The van der Waals surface area contributed by atoms with Gasteiger partial charge in [-0.2, -0.15) is 0 Å². The van der Waals surface area contributed by atoms with Crippen LogP contribution in [0.5, 0.6) is 0 Å². The van der Waals surface area contributed by atoms with E-state index in [9.17, 15) is 0 Å². The lowest BCUT2D eigenvalue weighted by molar-refractivity contribution is 0.465. The Hall–Kier alpha value is -1.56. The molecule has 0 radical (unpaired) electrons. The molecule has 0 bridgehead atoms. The number of hydrogen-bond acceptors (Lipinski definition) is 5. The smallest absolute Gasteiger partial charge is 0.134 e. The molecule has 0 spiro atoms. The van der Waals surface area contributed by atoms with Crippen molar-refractivity contribution < 1.29 is 0 Å². The molecule has 1 aromatic carbocycles. The fraction of sp³-hybridized carbons (Fsp3) is 0.333. The van der Waals surface area contributed by atoms with E-state index >= 15 is 0 Å². The van der Waals surface area contributed by atoms with E-state index in [0.717, 1.165) is 16.4 Å². The van der Waals surface area contributed by atoms with Crippen LogP contribution in [0.25, 0.3) is 0 Å². The maximum Gasteiger partial charge on any atom is 0.134 e. The Bertz CT molecular complexity index is 748. The van der Waals surface area contributed by atoms with Gasteiger partial charge in [-0.05, 0) is 49.8 Å². The molecule has 23 heavy (non-hydrogen) atoms. The van der Waals surface area contributed by atoms with Crippen LogP contribution in [-0.4, -0.2) is 10.2 Å². The zero-order valence-electron chi connectivity index (χ0n) is 13.6. The van der Waals surface area contributed by atoms with Gasteiger partial charge in [0.2, 0.25) is 0 Å². The van der Waals surface area contributed by atoms with Crippen LogP contribution in [0.2, 0.25) is 0 Å². The Balaban J connectivity index is 1.82. The first kappa shape index (κ1) is 16.3. The lowest BCUT2D eigenvalue weighted by Crippen LogP contribution is -2.26. The van der Waals surface area contributed by atoms with Crippen LogP contribution in [0.3, 0.4) is 0 Å². The molecule has 0 saturated carbocycles. The van der Waals surface area contributed by atoms with Crippen LogP contribution in [0.4, 0.5) is 0 Å². The van der Waals surface area contributed by atoms with E-state index in [1.54, 1.807) is 11.3 Å². The third-order valence-electron chi connectivity index (χ3n) is 3.86. The Labute approximate surface area is 145 Å². The molecular formula is C18H21N3S2. The molecule has 2 aromatic heterocycles. The number of benzene rings is 1. The second-order valence-corrected chi connectivity index (χ2v) is 7.92. The molecule has 0 aliphatic heterocycles. The first-order valence-corrected chi connectivity index (χ1v) is 9.47. The number of rotatable bonds is 6. The lowest BCUT2D eigenvalue weighted by atomic mass is 10.0. The maximum atomic E-state index is 4.29. The third-order valence-corrected chi connectivity index (χ3v) is 6.02. The van der Waals surface area contributed by atoms with E-state index < -0.39 is 0 Å². The van der Waals surface area contributed by atoms with Crippen LogP contribution in [0.15, 0.2) is 41.8 Å². The molecule has 2 atom stereocenters. The molecule has 2 heterocycles. The Morgan fingerprint density at radius 2 is 1.87 bits per heavy atom. The Kier molecular flexibility index (Phi) is 5.20. The average Bonchev–Trinajstić information content (AvgIpc) is 3.16. The second-order valence-electron chi connectivity index (χ2n) is 5.76. The van der Waals surface area contributed by atoms with Crippen molar-refractivity contribution in [1.29, 1.82) is 0 Å². The van der Waals surface area contributed by atoms with Gasteiger partial charge in [-0.25, -0.2) is 0 Å². The number of hydrogen-bond donors (Lipinski definition) is 1. The summed E-state index contributed by atoms with van der Waals surface area (Å²) in [6.07, 6.45) is 0.977. The van der Waals surface area contributed by atoms with Crippen LogP contribution < -0.4 is 5.32 Å². The normalized spacial score (nSPS) is 13.9. The summed E-state index contributed by atoms with van der Waals surface area (Å²) >= 11 is 3.49. The number of thiophene rings is 1. The van der Waals surface area contributed by atoms with Gasteiger partial charge in [-0.3, -0.25) is 0 Å². The van der Waals surface area contributed by atoms with E-state index in [0.29, 0.717) is 0 Å². The molecule has 0 aliphatic carbocycles. The van der Waals surface area contributed by atoms with Crippen molar-refractivity contribution in [2.45, 2.75) is 39.3 Å². The van der Waals surface area contributed by atoms with Gasteiger partial charge >= 0.3 is 0 Å². The summed E-state index contributed by atoms with van der Waals surface area (Å²) in [6, 6.07) is 13.3. The molecule has 3 rings (SSSR count). The second kappa shape index (κ2) is 7.34. The maximum absolute atomic E-state index is 4.29. The highest BCUT2D eigenvalue weighted by molar-refractivity contribution is 7.11. The average molecular weight is 344 g/mol. The highest BCUT2D eigenvalue weighted by atomic mass is 32.1. The fourth-order valence-corrected chi connectivity index (χ4v) is 4.38. The predicted molar refractivity (Wildman–Crippen MR) is 98.1 cm³/mol. The van der Waals surface area contributed by atoms with Crippen molar-refractivity contribution >= 4 is 22.7 Å². The van der Waals surface area contributed by atoms with E-state index in [1.807, 2.05) is 18.3 Å². The Morgan fingerprint density at radius 1 is 1.09 bits per heavy atom. The zero-order valence-corrected chi connectivity index (χ0v) is 15.2. The zero-order chi connectivity index (χ0) is 16.2. The number of aromatic nitrogens is 2. The molecule has 3 nitrogen and oxygen atoms in total. The highest BCUT2D eigenvalue weighted by Crippen LogP contribution is 2.30. The minimum atomic E-state index is 0.191. The molecule has 5 heteroatoms. The first-order valence-electron chi connectivity index (χ1n) is 7.77. The molecule has 0 saturated heterocycles. The van der Waals surface area contributed by atoms with Crippen molar-refractivity contribution in [3.05, 3.63) is 67.8 Å². The monoisotopic (exact) mass is 343 g/mol. The summed E-state index contributed by atoms with van der Waals surface area (Å²) in [4.78, 5) is 1.40. The van der Waals surface area contributed by atoms with E-state index in [1.165, 1.54) is 16.0 Å². The molecule has 0 aliphatic rings. The fourth-order valence-electron chi connectivity index (χ4n) is 2.68. The van der Waals surface area contributed by atoms with Gasteiger partial charge < -0.3 is 5.32 Å². The summed E-state index contributed by atoms with van der Waals surface area (Å²) in [7, 11) is 0. The molecule has 3 aromatic rings. The van der Waals surface area contributed by atoms with Gasteiger partial charge in [-0.15, -0.1) is 32.9 Å². The topological polar surface area (TPSA) is 37.8 Å². The third kappa shape index (κ3) is 4.05. The molecule has 0 unspecified atom stereocenters. The summed E-state index contributed by atoms with van der Waals surface area (Å²) in [5.74, 6) is 0. The highest BCUT2D eigenvalue weighted by Gasteiger charge is 2.20. The standard InChI is InChI=1S/C18H21N3S2/c1-12-9-10-22-17(12)16(11-15-7-5-4-6-8-15)19-13(2)18-21-20-14(3)23-18/h4-10,13,16,19H,11H2,1-3H3/t13-,16-/m0/s1. The molecule has 1 N–H and O–H groups in total. The predicted octanol–water partition coefficient (Wildman–Crippen LogP) is 4.85. The van der Waals surface area contributed by atoms with E-state index in [-0.39, 0.29) is 12.1 Å². The molecule has 0 fully saturated rings. The van der Waals surface area contributed by atoms with Gasteiger partial charge in [0.1, 0.15) is 10.0 Å². The van der Waals surface area contributed by atoms with E-state index in [2.05, 4.69) is 71.1 Å². The van der Waals surface area contributed by atoms with Gasteiger partial charge in [-0.1, -0.05) is 30.3 Å². The molecule has 120 valence electrons. The van der Waals surface area contributed by atoms with Crippen LogP contribution in [0, 0.1) is 13.8 Å². The quantitative estimate of drug-likeness (QED) is 0.695. The van der Waals surface area contributed by atoms with Crippen molar-refractivity contribution in [1.82, 2.24) is 15.5 Å². The number of nitrogens with zero attached hydrogens (tertiary/aromatic N) is 2. The van der Waals surface area contributed by atoms with Gasteiger partial charge in [0, 0.05) is 10.9 Å². The van der Waals surface area contributed by atoms with Crippen molar-refractivity contribution in [3.8, 4) is 0 Å². The molecular weight excluding hydrogens is 322 g/mol. The summed E-state index contributed by atoms with van der Waals surface area (Å²) in [5.41, 5.74) is 2.70. The van der Waals surface area contributed by atoms with Crippen LogP contribution in [-0.2, 0) is 6.42 Å². The van der Waals surface area contributed by atoms with E-state index in [4.69, 9.17) is 0 Å². The minimum Gasteiger partial charge on any atom is -0.300 e. The minimum absolute atomic E-state index is 0.191. The summed E-state index contributed by atoms with van der Waals surface area (Å²) < 4.78 is 0. The van der Waals surface area contributed by atoms with Crippen molar-refractivity contribution in [2.24, 2.45) is 0 Å². The first-order chi connectivity index (χ1) is 11.1. The summed E-state index contributed by atoms with van der Waals surface area (Å²) in [6.45, 7) is 6.35. The number of nitrogens with one attached hydrogen (secondary N) is 1. The summed E-state index contributed by atoms with van der Waals surface area (Å²) in [5, 5.41) is 16.4. The Morgan fingerprint density at radius 3 is 2.48 bits per heavy atom. The van der Waals surface area contributed by atoms with Gasteiger partial charge in [0.25, 0.3) is 0 Å². The van der Waals surface area contributed by atoms with Gasteiger partial charge in [0.05, 0.1) is 6.04 Å². The lowest BCUT2D eigenvalue weighted by Gasteiger charge is -2.22. The largest absolute Gasteiger partial charge is 0.300 e. The SMILES string of the molecule is Cc1nnc([C@H](C)N[C@@H](Cc2ccccc2)c2sccc2C)s1. The number of aryl methyl sites for hydroxylation is 2. The van der Waals surface area contributed by atoms with Crippen molar-refractivity contribution in [3.63, 3.8) is 0 Å².